The van der Waals surface area contributed by atoms with Crippen molar-refractivity contribution in [2.75, 3.05) is 11.1 Å². The van der Waals surface area contributed by atoms with Crippen LogP contribution in [-0.2, 0) is 17.6 Å². The molecule has 1 amide bonds. The van der Waals surface area contributed by atoms with Gasteiger partial charge in [0.1, 0.15) is 11.1 Å². The first kappa shape index (κ1) is 20.7. The first-order valence-corrected chi connectivity index (χ1v) is 11.1. The van der Waals surface area contributed by atoms with Gasteiger partial charge in [-0.1, -0.05) is 47.1 Å². The summed E-state index contributed by atoms with van der Waals surface area (Å²) in [7, 11) is 0. The van der Waals surface area contributed by atoms with E-state index in [1.54, 1.807) is 30.6 Å². The first-order chi connectivity index (χ1) is 14.6. The van der Waals surface area contributed by atoms with Gasteiger partial charge in [-0.25, -0.2) is 4.98 Å². The molecule has 0 saturated carbocycles. The van der Waals surface area contributed by atoms with E-state index in [0.29, 0.717) is 26.3 Å². The lowest BCUT2D eigenvalue weighted by atomic mass is 9.97. The number of amides is 1. The minimum atomic E-state index is -0.274. The third-order valence-corrected chi connectivity index (χ3v) is 6.43. The fourth-order valence-corrected chi connectivity index (χ4v) is 4.82. The minimum Gasteiger partial charge on any atom is -0.323 e. The van der Waals surface area contributed by atoms with Gasteiger partial charge in [-0.2, -0.15) is 5.26 Å². The van der Waals surface area contributed by atoms with E-state index in [-0.39, 0.29) is 11.7 Å². The number of thioether (sulfide) groups is 1. The Hall–Kier alpha value is -2.59. The highest BCUT2D eigenvalue weighted by Crippen LogP contribution is 2.38. The summed E-state index contributed by atoms with van der Waals surface area (Å²) in [4.78, 5) is 21.4. The summed E-state index contributed by atoms with van der Waals surface area (Å²) in [5.41, 5.74) is 4.73. The molecule has 2 aromatic heterocycles. The van der Waals surface area contributed by atoms with Gasteiger partial charge in [0, 0.05) is 29.2 Å². The Morgan fingerprint density at radius 1 is 1.20 bits per heavy atom. The van der Waals surface area contributed by atoms with E-state index in [4.69, 9.17) is 28.2 Å². The van der Waals surface area contributed by atoms with Gasteiger partial charge in [-0.15, -0.1) is 0 Å². The predicted octanol–water partition coefficient (Wildman–Crippen LogP) is 5.54. The van der Waals surface area contributed by atoms with Crippen LogP contribution in [0.4, 0.5) is 5.69 Å². The number of hydrogen-bond acceptors (Lipinski definition) is 5. The molecule has 0 atom stereocenters. The van der Waals surface area contributed by atoms with Gasteiger partial charge < -0.3 is 5.32 Å². The van der Waals surface area contributed by atoms with Crippen LogP contribution in [-0.4, -0.2) is 21.6 Å². The number of nitrogens with zero attached hydrogens (tertiary/aromatic N) is 3. The number of pyridine rings is 2. The zero-order chi connectivity index (χ0) is 21.1. The maximum absolute atomic E-state index is 12.5. The Labute approximate surface area is 188 Å². The Morgan fingerprint density at radius 3 is 2.70 bits per heavy atom. The van der Waals surface area contributed by atoms with Crippen molar-refractivity contribution in [3.05, 3.63) is 69.6 Å². The number of carbonyl (C=O) groups is 1. The number of fused-ring (bicyclic) bond motifs is 1. The first-order valence-electron chi connectivity index (χ1n) is 9.31. The van der Waals surface area contributed by atoms with E-state index in [2.05, 4.69) is 16.4 Å². The average Bonchev–Trinajstić information content (AvgIpc) is 3.22. The van der Waals surface area contributed by atoms with E-state index in [9.17, 15) is 10.1 Å². The fraction of sp³-hybridized carbons (Fsp3) is 0.182. The van der Waals surface area contributed by atoms with Gasteiger partial charge in [-0.3, -0.25) is 9.78 Å². The summed E-state index contributed by atoms with van der Waals surface area (Å²) in [6.45, 7) is 0. The predicted molar refractivity (Wildman–Crippen MR) is 120 cm³/mol. The third-order valence-electron chi connectivity index (χ3n) is 4.82. The monoisotopic (exact) mass is 454 g/mol. The van der Waals surface area contributed by atoms with E-state index in [0.717, 1.165) is 41.6 Å². The molecule has 0 aliphatic heterocycles. The van der Waals surface area contributed by atoms with Gasteiger partial charge in [0.15, 0.2) is 0 Å². The number of benzene rings is 1. The standard InChI is InChI=1S/C22H16Cl2N4OS/c23-16-6-2-7-17(24)21(16)28-19(29)12-30-22-15(10-25)20(13-4-3-9-26-11-13)14-5-1-8-18(14)27-22/h2-4,6-7,9,11H,1,5,8,12H2,(H,28,29). The normalized spacial score (nSPS) is 12.3. The summed E-state index contributed by atoms with van der Waals surface area (Å²) in [6.07, 6.45) is 6.22. The van der Waals surface area contributed by atoms with Crippen LogP contribution in [0.25, 0.3) is 11.1 Å². The van der Waals surface area contributed by atoms with Gasteiger partial charge >= 0.3 is 0 Å². The Morgan fingerprint density at radius 2 is 2.00 bits per heavy atom. The van der Waals surface area contributed by atoms with Crippen LogP contribution in [0, 0.1) is 11.3 Å². The molecule has 1 N–H and O–H groups in total. The molecule has 0 fully saturated rings. The summed E-state index contributed by atoms with van der Waals surface area (Å²) in [6, 6.07) is 11.1. The Balaban J connectivity index is 1.62. The average molecular weight is 455 g/mol. The number of carbonyl (C=O) groups excluding carboxylic acids is 1. The molecule has 150 valence electrons. The number of aromatic nitrogens is 2. The van der Waals surface area contributed by atoms with Crippen molar-refractivity contribution in [3.63, 3.8) is 0 Å². The van der Waals surface area contributed by atoms with Crippen molar-refractivity contribution in [1.82, 2.24) is 9.97 Å². The summed E-state index contributed by atoms with van der Waals surface area (Å²) in [5, 5.41) is 13.9. The molecular formula is C22H16Cl2N4OS. The Bertz CT molecular complexity index is 1140. The van der Waals surface area contributed by atoms with Crippen molar-refractivity contribution >= 4 is 46.6 Å². The van der Waals surface area contributed by atoms with Crippen LogP contribution < -0.4 is 5.32 Å². The number of para-hydroxylation sites is 1. The second kappa shape index (κ2) is 9.05. The highest BCUT2D eigenvalue weighted by atomic mass is 35.5. The van der Waals surface area contributed by atoms with Crippen molar-refractivity contribution in [3.8, 4) is 17.2 Å². The zero-order valence-electron chi connectivity index (χ0n) is 15.8. The largest absolute Gasteiger partial charge is 0.323 e. The molecule has 0 radical (unpaired) electrons. The molecule has 8 heteroatoms. The molecule has 1 aromatic carbocycles. The van der Waals surface area contributed by atoms with Crippen LogP contribution >= 0.6 is 35.0 Å². The van der Waals surface area contributed by atoms with Gasteiger partial charge in [-0.05, 0) is 43.0 Å². The maximum atomic E-state index is 12.5. The van der Waals surface area contributed by atoms with Crippen LogP contribution in [0.15, 0.2) is 47.8 Å². The van der Waals surface area contributed by atoms with Crippen LogP contribution in [0.1, 0.15) is 23.2 Å². The van der Waals surface area contributed by atoms with Gasteiger partial charge in [0.25, 0.3) is 0 Å². The number of hydrogen-bond donors (Lipinski definition) is 1. The smallest absolute Gasteiger partial charge is 0.234 e. The third kappa shape index (κ3) is 4.15. The van der Waals surface area contributed by atoms with Crippen molar-refractivity contribution in [1.29, 1.82) is 5.26 Å². The molecule has 3 aromatic rings. The molecule has 5 nitrogen and oxygen atoms in total. The van der Waals surface area contributed by atoms with Gasteiger partial charge in [0.2, 0.25) is 5.91 Å². The molecular weight excluding hydrogens is 439 g/mol. The number of nitriles is 1. The topological polar surface area (TPSA) is 78.7 Å². The molecule has 0 saturated heterocycles. The number of nitrogens with one attached hydrogen (secondary N) is 1. The van der Waals surface area contributed by atoms with Crippen molar-refractivity contribution < 1.29 is 4.79 Å². The number of rotatable bonds is 5. The SMILES string of the molecule is N#Cc1c(SCC(=O)Nc2c(Cl)cccc2Cl)nc2c(c1-c1cccnc1)CCC2. The van der Waals surface area contributed by atoms with Gasteiger partial charge in [0.05, 0.1) is 27.0 Å². The quantitative estimate of drug-likeness (QED) is 0.511. The fourth-order valence-electron chi connectivity index (χ4n) is 3.52. The molecule has 2 heterocycles. The van der Waals surface area contributed by atoms with E-state index in [1.165, 1.54) is 11.8 Å². The molecule has 1 aliphatic carbocycles. The summed E-state index contributed by atoms with van der Waals surface area (Å²) in [5.74, 6) is -0.196. The molecule has 1 aliphatic rings. The van der Waals surface area contributed by atoms with E-state index >= 15 is 0 Å². The van der Waals surface area contributed by atoms with E-state index < -0.39 is 0 Å². The highest BCUT2D eigenvalue weighted by molar-refractivity contribution is 8.00. The lowest BCUT2D eigenvalue weighted by Gasteiger charge is -2.14. The summed E-state index contributed by atoms with van der Waals surface area (Å²) >= 11 is 13.5. The second-order valence-corrected chi connectivity index (χ2v) is 8.51. The lowest BCUT2D eigenvalue weighted by molar-refractivity contribution is -0.113. The van der Waals surface area contributed by atoms with Crippen LogP contribution in [0.3, 0.4) is 0 Å². The maximum Gasteiger partial charge on any atom is 0.234 e. The molecule has 4 rings (SSSR count). The van der Waals surface area contributed by atoms with Crippen molar-refractivity contribution in [2.24, 2.45) is 0 Å². The number of anilines is 1. The molecule has 0 spiro atoms. The number of aryl methyl sites for hydroxylation is 1. The highest BCUT2D eigenvalue weighted by Gasteiger charge is 2.25. The molecule has 30 heavy (non-hydrogen) atoms. The van der Waals surface area contributed by atoms with E-state index in [1.807, 2.05) is 12.1 Å². The van der Waals surface area contributed by atoms with Crippen LogP contribution in [0.5, 0.6) is 0 Å². The number of halogens is 2. The molecule has 0 unspecified atom stereocenters. The zero-order valence-corrected chi connectivity index (χ0v) is 18.1. The molecule has 0 bridgehead atoms. The van der Waals surface area contributed by atoms with Crippen LogP contribution in [0.2, 0.25) is 10.0 Å². The second-order valence-electron chi connectivity index (χ2n) is 6.73. The lowest BCUT2D eigenvalue weighted by Crippen LogP contribution is -2.15. The minimum absolute atomic E-state index is 0.0779. The Kier molecular flexibility index (Phi) is 6.24. The van der Waals surface area contributed by atoms with Crippen molar-refractivity contribution in [2.45, 2.75) is 24.3 Å². The summed E-state index contributed by atoms with van der Waals surface area (Å²) < 4.78 is 0.